The van der Waals surface area contributed by atoms with Crippen LogP contribution < -0.4 is 0 Å². The highest BCUT2D eigenvalue weighted by atomic mass is 16.6. The second-order valence-corrected chi connectivity index (χ2v) is 10.7. The van der Waals surface area contributed by atoms with E-state index in [4.69, 9.17) is 18.9 Å². The Balaban J connectivity index is 1.53. The lowest BCUT2D eigenvalue weighted by atomic mass is 9.68. The Kier molecular flexibility index (Phi) is 6.52. The number of rotatable bonds is 5. The maximum atomic E-state index is 7.12. The molecule has 7 heteroatoms. The fourth-order valence-corrected chi connectivity index (χ4v) is 7.76. The minimum atomic E-state index is -0.496. The van der Waals surface area contributed by atoms with Crippen LogP contribution in [0.1, 0.15) is 70.6 Å². The summed E-state index contributed by atoms with van der Waals surface area (Å²) in [6, 6.07) is 0. The van der Waals surface area contributed by atoms with Crippen molar-refractivity contribution in [2.45, 2.75) is 100 Å². The molecule has 0 aliphatic carbocycles. The first-order chi connectivity index (χ1) is 15.9. The summed E-state index contributed by atoms with van der Waals surface area (Å²) >= 11 is 0. The summed E-state index contributed by atoms with van der Waals surface area (Å²) in [5.41, 5.74) is -0.844. The number of morpholine rings is 1. The fourth-order valence-electron chi connectivity index (χ4n) is 7.76. The smallest absolute Gasteiger partial charge is 0.156 e. The monoisotopic (exact) mass is 449 g/mol. The van der Waals surface area contributed by atoms with E-state index in [1.54, 1.807) is 0 Å². The van der Waals surface area contributed by atoms with Gasteiger partial charge in [-0.05, 0) is 57.8 Å². The Morgan fingerprint density at radius 1 is 0.531 bits per heavy atom. The molecule has 32 heavy (non-hydrogen) atoms. The van der Waals surface area contributed by atoms with Gasteiger partial charge in [-0.2, -0.15) is 0 Å². The maximum Gasteiger partial charge on any atom is 0.156 e. The lowest BCUT2D eigenvalue weighted by Gasteiger charge is -2.69. The highest BCUT2D eigenvalue weighted by molar-refractivity contribution is 5.22. The zero-order valence-electron chi connectivity index (χ0n) is 19.8. The first-order valence-electron chi connectivity index (χ1n) is 13.6. The molecule has 6 aliphatic rings. The second-order valence-electron chi connectivity index (χ2n) is 10.7. The summed E-state index contributed by atoms with van der Waals surface area (Å²) in [4.78, 5) is 2.78. The van der Waals surface area contributed by atoms with Gasteiger partial charge < -0.3 is 18.9 Å². The molecule has 0 spiro atoms. The van der Waals surface area contributed by atoms with E-state index in [1.165, 1.54) is 44.9 Å². The zero-order chi connectivity index (χ0) is 21.4. The molecule has 182 valence electrons. The third-order valence-corrected chi connectivity index (χ3v) is 9.09. The molecule has 6 heterocycles. The predicted octanol–water partition coefficient (Wildman–Crippen LogP) is 2.79. The number of ether oxygens (including phenoxy) is 4. The summed E-state index contributed by atoms with van der Waals surface area (Å²) in [6.45, 7) is 8.77. The molecule has 0 amide bonds. The van der Waals surface area contributed by atoms with Gasteiger partial charge in [-0.3, -0.25) is 4.90 Å². The van der Waals surface area contributed by atoms with E-state index in [2.05, 4.69) is 14.9 Å². The van der Waals surface area contributed by atoms with Gasteiger partial charge in [0.05, 0.1) is 24.9 Å². The standard InChI is InChI=1S/C25H43N3O4/c1-3-14-27(15-4-1)28-16-20-32-24(22-11-19-31-22,21-10-8-18-29-21)25(28,26-12-5-6-13-26)23-9-2-7-17-30-23/h21-23H,1-20H2. The van der Waals surface area contributed by atoms with E-state index >= 15 is 0 Å². The SMILES string of the molecule is C1CCN(N2CCOC(C3CCCO3)(C3CCO3)C2(C2CCCCO2)N2CCCC2)CC1. The molecule has 5 unspecified atom stereocenters. The van der Waals surface area contributed by atoms with Crippen LogP contribution in [-0.2, 0) is 18.9 Å². The minimum Gasteiger partial charge on any atom is -0.375 e. The summed E-state index contributed by atoms with van der Waals surface area (Å²) in [7, 11) is 0. The number of hydrogen-bond donors (Lipinski definition) is 0. The predicted molar refractivity (Wildman–Crippen MR) is 121 cm³/mol. The Bertz CT molecular complexity index is 625. The third-order valence-electron chi connectivity index (χ3n) is 9.09. The number of likely N-dealkylation sites (tertiary alicyclic amines) is 1. The van der Waals surface area contributed by atoms with Gasteiger partial charge in [0.25, 0.3) is 0 Å². The van der Waals surface area contributed by atoms with Crippen molar-refractivity contribution in [3.05, 3.63) is 0 Å². The van der Waals surface area contributed by atoms with Gasteiger partial charge in [0.2, 0.25) is 0 Å². The molecular formula is C25H43N3O4. The van der Waals surface area contributed by atoms with Gasteiger partial charge >= 0.3 is 0 Å². The van der Waals surface area contributed by atoms with Crippen molar-refractivity contribution in [1.82, 2.24) is 14.9 Å². The largest absolute Gasteiger partial charge is 0.375 e. The van der Waals surface area contributed by atoms with Crippen molar-refractivity contribution in [3.8, 4) is 0 Å². The Hall–Kier alpha value is -0.280. The molecule has 0 N–H and O–H groups in total. The third kappa shape index (κ3) is 3.34. The Labute approximate surface area is 193 Å². The second kappa shape index (κ2) is 9.40. The van der Waals surface area contributed by atoms with E-state index in [0.717, 1.165) is 84.8 Å². The summed E-state index contributed by atoms with van der Waals surface area (Å²) in [6.07, 6.45) is 13.5. The highest BCUT2D eigenvalue weighted by Crippen LogP contribution is 2.54. The van der Waals surface area contributed by atoms with Gasteiger partial charge in [-0.25, -0.2) is 10.0 Å². The van der Waals surface area contributed by atoms with Crippen LogP contribution in [0, 0.1) is 0 Å². The molecule has 0 aromatic rings. The van der Waals surface area contributed by atoms with Crippen LogP contribution in [-0.4, -0.2) is 104 Å². The van der Waals surface area contributed by atoms with Crippen molar-refractivity contribution >= 4 is 0 Å². The normalized spacial score (nSPS) is 45.2. The lowest BCUT2D eigenvalue weighted by molar-refractivity contribution is -0.392. The molecule has 7 nitrogen and oxygen atoms in total. The van der Waals surface area contributed by atoms with E-state index in [1.807, 2.05) is 0 Å². The maximum absolute atomic E-state index is 7.12. The van der Waals surface area contributed by atoms with E-state index in [-0.39, 0.29) is 24.0 Å². The molecule has 0 bridgehead atoms. The van der Waals surface area contributed by atoms with Gasteiger partial charge in [0.1, 0.15) is 5.66 Å². The van der Waals surface area contributed by atoms with Crippen LogP contribution in [0.15, 0.2) is 0 Å². The van der Waals surface area contributed by atoms with Crippen LogP contribution in [0.4, 0.5) is 0 Å². The quantitative estimate of drug-likeness (QED) is 0.640. The van der Waals surface area contributed by atoms with Crippen LogP contribution in [0.2, 0.25) is 0 Å². The molecule has 6 fully saturated rings. The first-order valence-corrected chi connectivity index (χ1v) is 13.6. The van der Waals surface area contributed by atoms with Crippen molar-refractivity contribution in [1.29, 1.82) is 0 Å². The average molecular weight is 450 g/mol. The zero-order valence-corrected chi connectivity index (χ0v) is 19.8. The molecule has 0 aromatic carbocycles. The van der Waals surface area contributed by atoms with Crippen LogP contribution >= 0.6 is 0 Å². The molecule has 0 radical (unpaired) electrons. The topological polar surface area (TPSA) is 46.6 Å². The van der Waals surface area contributed by atoms with Crippen molar-refractivity contribution < 1.29 is 18.9 Å². The molecule has 6 rings (SSSR count). The minimum absolute atomic E-state index is 0.0755. The molecule has 5 atom stereocenters. The Morgan fingerprint density at radius 3 is 1.84 bits per heavy atom. The summed E-state index contributed by atoms with van der Waals surface area (Å²) in [5.74, 6) is 0. The van der Waals surface area contributed by atoms with Gasteiger partial charge in [-0.15, -0.1) is 0 Å². The highest BCUT2D eigenvalue weighted by Gasteiger charge is 2.74. The van der Waals surface area contributed by atoms with Crippen molar-refractivity contribution in [2.75, 3.05) is 59.2 Å². The molecular weight excluding hydrogens is 406 g/mol. The molecule has 6 saturated heterocycles. The van der Waals surface area contributed by atoms with E-state index in [9.17, 15) is 0 Å². The van der Waals surface area contributed by atoms with E-state index < -0.39 is 5.60 Å². The first kappa shape index (κ1) is 22.2. The van der Waals surface area contributed by atoms with E-state index in [0.29, 0.717) is 0 Å². The van der Waals surface area contributed by atoms with Gasteiger partial charge in [0.15, 0.2) is 5.60 Å². The number of piperidine rings is 1. The summed E-state index contributed by atoms with van der Waals surface area (Å²) in [5, 5.41) is 5.45. The van der Waals surface area contributed by atoms with Gasteiger partial charge in [-0.1, -0.05) is 6.42 Å². The summed E-state index contributed by atoms with van der Waals surface area (Å²) < 4.78 is 26.9. The average Bonchev–Trinajstić information content (AvgIpc) is 3.54. The number of nitrogens with zero attached hydrogens (tertiary/aromatic N) is 3. The Morgan fingerprint density at radius 2 is 1.19 bits per heavy atom. The van der Waals surface area contributed by atoms with Crippen LogP contribution in [0.5, 0.6) is 0 Å². The van der Waals surface area contributed by atoms with Crippen LogP contribution in [0.3, 0.4) is 0 Å². The molecule has 0 saturated carbocycles. The van der Waals surface area contributed by atoms with Gasteiger partial charge in [0, 0.05) is 59.0 Å². The number of hydrazine groups is 1. The molecule has 6 aliphatic heterocycles. The fraction of sp³-hybridized carbons (Fsp3) is 1.00. The molecule has 0 aromatic heterocycles. The lowest BCUT2D eigenvalue weighted by Crippen LogP contribution is -2.89. The van der Waals surface area contributed by atoms with Crippen LogP contribution in [0.25, 0.3) is 0 Å². The van der Waals surface area contributed by atoms with Crippen molar-refractivity contribution in [2.24, 2.45) is 0 Å². The van der Waals surface area contributed by atoms with Crippen molar-refractivity contribution in [3.63, 3.8) is 0 Å². The number of hydrogen-bond acceptors (Lipinski definition) is 7.